The fourth-order valence-electron chi connectivity index (χ4n) is 4.19. The SMILES string of the molecule is Cc1nc(CC(=O)N2CCCC(c3ccc4c(N)nc(-c5ccccc5)nc4n3)C2)cs1. The second kappa shape index (κ2) is 8.63. The summed E-state index contributed by atoms with van der Waals surface area (Å²) in [5.74, 6) is 1.29. The highest BCUT2D eigenvalue weighted by molar-refractivity contribution is 7.09. The lowest BCUT2D eigenvalue weighted by atomic mass is 9.93. The van der Waals surface area contributed by atoms with Crippen LogP contribution in [0.5, 0.6) is 0 Å². The molecule has 1 aliphatic heterocycles. The Hall–Kier alpha value is -3.39. The van der Waals surface area contributed by atoms with Gasteiger partial charge in [0.05, 0.1) is 22.5 Å². The van der Waals surface area contributed by atoms with Crippen molar-refractivity contribution >= 4 is 34.1 Å². The first-order valence-electron chi connectivity index (χ1n) is 10.7. The van der Waals surface area contributed by atoms with Crippen molar-refractivity contribution < 1.29 is 4.79 Å². The fourth-order valence-corrected chi connectivity index (χ4v) is 4.81. The predicted molar refractivity (Wildman–Crippen MR) is 126 cm³/mol. The zero-order chi connectivity index (χ0) is 22.1. The minimum Gasteiger partial charge on any atom is -0.383 e. The van der Waals surface area contributed by atoms with Crippen LogP contribution in [0.25, 0.3) is 22.4 Å². The third-order valence-electron chi connectivity index (χ3n) is 5.83. The van der Waals surface area contributed by atoms with Crippen LogP contribution in [0, 0.1) is 6.92 Å². The molecule has 3 aromatic heterocycles. The number of nitrogens with zero attached hydrogens (tertiary/aromatic N) is 5. The molecule has 1 aliphatic rings. The molecule has 1 fully saturated rings. The smallest absolute Gasteiger partial charge is 0.228 e. The van der Waals surface area contributed by atoms with Gasteiger partial charge in [-0.25, -0.2) is 19.9 Å². The summed E-state index contributed by atoms with van der Waals surface area (Å²) in [7, 11) is 0. The summed E-state index contributed by atoms with van der Waals surface area (Å²) in [5, 5.41) is 3.70. The largest absolute Gasteiger partial charge is 0.383 e. The van der Waals surface area contributed by atoms with Crippen LogP contribution >= 0.6 is 11.3 Å². The number of hydrogen-bond donors (Lipinski definition) is 1. The lowest BCUT2D eigenvalue weighted by Crippen LogP contribution is -2.40. The lowest BCUT2D eigenvalue weighted by molar-refractivity contribution is -0.131. The van der Waals surface area contributed by atoms with Gasteiger partial charge in [0.15, 0.2) is 11.5 Å². The maximum absolute atomic E-state index is 12.8. The number of amides is 1. The quantitative estimate of drug-likeness (QED) is 0.511. The summed E-state index contributed by atoms with van der Waals surface area (Å²) < 4.78 is 0. The number of likely N-dealkylation sites (tertiary alicyclic amines) is 1. The first kappa shape index (κ1) is 20.5. The molecule has 1 atom stereocenters. The van der Waals surface area contributed by atoms with Crippen LogP contribution in [-0.4, -0.2) is 43.8 Å². The second-order valence-corrected chi connectivity index (χ2v) is 9.18. The summed E-state index contributed by atoms with van der Waals surface area (Å²) in [5.41, 5.74) is 9.50. The van der Waals surface area contributed by atoms with E-state index in [0.717, 1.165) is 46.7 Å². The number of carbonyl (C=O) groups is 1. The van der Waals surface area contributed by atoms with Crippen LogP contribution in [0.15, 0.2) is 47.8 Å². The number of rotatable bonds is 4. The number of benzene rings is 1. The number of anilines is 1. The molecule has 1 aromatic carbocycles. The zero-order valence-electron chi connectivity index (χ0n) is 17.9. The molecule has 4 heterocycles. The number of thiazole rings is 1. The van der Waals surface area contributed by atoms with Gasteiger partial charge in [0.2, 0.25) is 5.91 Å². The van der Waals surface area contributed by atoms with E-state index >= 15 is 0 Å². The molecule has 8 heteroatoms. The number of hydrogen-bond acceptors (Lipinski definition) is 7. The van der Waals surface area contributed by atoms with Gasteiger partial charge in [-0.15, -0.1) is 11.3 Å². The van der Waals surface area contributed by atoms with Gasteiger partial charge in [-0.1, -0.05) is 30.3 Å². The van der Waals surface area contributed by atoms with E-state index in [1.165, 1.54) is 0 Å². The van der Waals surface area contributed by atoms with Gasteiger partial charge >= 0.3 is 0 Å². The topological polar surface area (TPSA) is 97.9 Å². The summed E-state index contributed by atoms with van der Waals surface area (Å²) in [6.07, 6.45) is 2.30. The van der Waals surface area contributed by atoms with Gasteiger partial charge < -0.3 is 10.6 Å². The first-order valence-corrected chi connectivity index (χ1v) is 11.6. The van der Waals surface area contributed by atoms with E-state index in [0.29, 0.717) is 30.3 Å². The van der Waals surface area contributed by atoms with Crippen LogP contribution < -0.4 is 5.73 Å². The number of nitrogens with two attached hydrogens (primary N) is 1. The van der Waals surface area contributed by atoms with E-state index in [9.17, 15) is 4.79 Å². The van der Waals surface area contributed by atoms with Crippen LogP contribution in [0.2, 0.25) is 0 Å². The molecular formula is C24H24N6OS. The van der Waals surface area contributed by atoms with E-state index in [2.05, 4.69) is 15.0 Å². The van der Waals surface area contributed by atoms with Gasteiger partial charge in [0.25, 0.3) is 0 Å². The standard InChI is InChI=1S/C24H24N6OS/c1-15-26-18(14-32-15)12-21(31)30-11-5-8-17(13-30)20-10-9-19-22(25)28-23(29-24(19)27-20)16-6-3-2-4-7-16/h2-4,6-7,9-10,14,17H,5,8,11-13H2,1H3,(H2,25,27,28,29). The second-order valence-electron chi connectivity index (χ2n) is 8.12. The maximum Gasteiger partial charge on any atom is 0.228 e. The Morgan fingerprint density at radius 2 is 1.97 bits per heavy atom. The van der Waals surface area contributed by atoms with Crippen LogP contribution in [-0.2, 0) is 11.2 Å². The monoisotopic (exact) mass is 444 g/mol. The number of aryl methyl sites for hydroxylation is 1. The molecule has 5 rings (SSSR count). The maximum atomic E-state index is 12.8. The predicted octanol–water partition coefficient (Wildman–Crippen LogP) is 3.99. The molecule has 0 saturated carbocycles. The number of fused-ring (bicyclic) bond motifs is 1. The lowest BCUT2D eigenvalue weighted by Gasteiger charge is -2.32. The highest BCUT2D eigenvalue weighted by Gasteiger charge is 2.26. The summed E-state index contributed by atoms with van der Waals surface area (Å²) in [4.78, 5) is 33.2. The third-order valence-corrected chi connectivity index (χ3v) is 6.66. The van der Waals surface area contributed by atoms with Crippen LogP contribution in [0.3, 0.4) is 0 Å². The molecule has 0 spiro atoms. The minimum atomic E-state index is 0.124. The molecule has 32 heavy (non-hydrogen) atoms. The van der Waals surface area contributed by atoms with Crippen molar-refractivity contribution in [3.63, 3.8) is 0 Å². The zero-order valence-corrected chi connectivity index (χ0v) is 18.7. The molecule has 162 valence electrons. The normalized spacial score (nSPS) is 16.4. The van der Waals surface area contributed by atoms with Crippen molar-refractivity contribution in [3.8, 4) is 11.4 Å². The Labute approximate surface area is 190 Å². The number of piperidine rings is 1. The fraction of sp³-hybridized carbons (Fsp3) is 0.292. The molecule has 0 radical (unpaired) electrons. The average molecular weight is 445 g/mol. The molecule has 1 unspecified atom stereocenters. The van der Waals surface area contributed by atoms with E-state index in [1.54, 1.807) is 11.3 Å². The van der Waals surface area contributed by atoms with Crippen LogP contribution in [0.4, 0.5) is 5.82 Å². The molecule has 7 nitrogen and oxygen atoms in total. The van der Waals surface area contributed by atoms with Crippen molar-refractivity contribution in [2.24, 2.45) is 0 Å². The Morgan fingerprint density at radius 3 is 2.75 bits per heavy atom. The summed E-state index contributed by atoms with van der Waals surface area (Å²) in [6, 6.07) is 13.7. The first-order chi connectivity index (χ1) is 15.6. The van der Waals surface area contributed by atoms with E-state index in [4.69, 9.17) is 10.7 Å². The average Bonchev–Trinajstić information content (AvgIpc) is 3.23. The number of nitrogen functional groups attached to an aromatic ring is 1. The van der Waals surface area contributed by atoms with Gasteiger partial charge in [-0.05, 0) is 31.9 Å². The molecule has 1 saturated heterocycles. The van der Waals surface area contributed by atoms with Crippen molar-refractivity contribution in [1.82, 2.24) is 24.8 Å². The van der Waals surface area contributed by atoms with Crippen molar-refractivity contribution in [1.29, 1.82) is 0 Å². The Kier molecular flexibility index (Phi) is 5.53. The molecule has 2 N–H and O–H groups in total. The highest BCUT2D eigenvalue weighted by atomic mass is 32.1. The van der Waals surface area contributed by atoms with Gasteiger partial charge in [0, 0.05) is 35.6 Å². The number of aromatic nitrogens is 4. The van der Waals surface area contributed by atoms with E-state index in [-0.39, 0.29) is 11.8 Å². The van der Waals surface area contributed by atoms with Crippen molar-refractivity contribution in [2.75, 3.05) is 18.8 Å². The number of pyridine rings is 1. The van der Waals surface area contributed by atoms with Crippen molar-refractivity contribution in [2.45, 2.75) is 32.1 Å². The molecule has 4 aromatic rings. The van der Waals surface area contributed by atoms with Gasteiger partial charge in [-0.2, -0.15) is 0 Å². The van der Waals surface area contributed by atoms with Crippen molar-refractivity contribution in [3.05, 3.63) is 64.2 Å². The summed E-state index contributed by atoms with van der Waals surface area (Å²) in [6.45, 7) is 3.40. The van der Waals surface area contributed by atoms with Gasteiger partial charge in [-0.3, -0.25) is 4.79 Å². The van der Waals surface area contributed by atoms with Gasteiger partial charge in [0.1, 0.15) is 5.82 Å². The minimum absolute atomic E-state index is 0.124. The molecule has 0 bridgehead atoms. The Bertz CT molecular complexity index is 1270. The van der Waals surface area contributed by atoms with E-state index < -0.39 is 0 Å². The van der Waals surface area contributed by atoms with Crippen LogP contribution in [0.1, 0.15) is 35.2 Å². The summed E-state index contributed by atoms with van der Waals surface area (Å²) >= 11 is 1.58. The number of carbonyl (C=O) groups excluding carboxylic acids is 1. The molecule has 0 aliphatic carbocycles. The third kappa shape index (κ3) is 4.18. The Balaban J connectivity index is 1.39. The molecule has 1 amide bonds. The van der Waals surface area contributed by atoms with E-state index in [1.807, 2.05) is 59.7 Å². The Morgan fingerprint density at radius 1 is 1.12 bits per heavy atom. The highest BCUT2D eigenvalue weighted by Crippen LogP contribution is 2.29. The molecular weight excluding hydrogens is 420 g/mol.